The predicted molar refractivity (Wildman–Crippen MR) is 73.9 cm³/mol. The van der Waals surface area contributed by atoms with Gasteiger partial charge in [0.2, 0.25) is 0 Å². The lowest BCUT2D eigenvalue weighted by atomic mass is 10.1. The molecule has 1 aromatic carbocycles. The van der Waals surface area contributed by atoms with Crippen LogP contribution >= 0.6 is 0 Å². The van der Waals surface area contributed by atoms with E-state index in [1.54, 1.807) is 0 Å². The summed E-state index contributed by atoms with van der Waals surface area (Å²) in [5.74, 6) is -0.505. The number of carbonyl (C=O) groups excluding carboxylic acids is 2. The number of amides is 1. The zero-order valence-corrected chi connectivity index (χ0v) is 11.5. The molecular weight excluding hydrogens is 260 g/mol. The molecule has 1 aromatic rings. The molecule has 6 heteroatoms. The fraction of sp³-hybridized carbons (Fsp3) is 0.429. The van der Waals surface area contributed by atoms with Gasteiger partial charge in [0.1, 0.15) is 12.6 Å². The molecule has 1 rings (SSSR count). The smallest absolute Gasteiger partial charge is 0.408 e. The Balaban J connectivity index is 2.43. The van der Waals surface area contributed by atoms with Crippen LogP contribution in [0.25, 0.3) is 0 Å². The van der Waals surface area contributed by atoms with Gasteiger partial charge >= 0.3 is 12.1 Å². The molecule has 3 N–H and O–H groups in total. The average Bonchev–Trinajstić information content (AvgIpc) is 2.49. The molecule has 1 atom stereocenters. The summed E-state index contributed by atoms with van der Waals surface area (Å²) in [5.41, 5.74) is 6.26. The van der Waals surface area contributed by atoms with Crippen LogP contribution in [0.1, 0.15) is 18.4 Å². The number of carbonyl (C=O) groups is 2. The number of hydrogen-bond donors (Lipinski definition) is 2. The summed E-state index contributed by atoms with van der Waals surface area (Å²) in [6, 6.07) is 8.55. The maximum Gasteiger partial charge on any atom is 0.408 e. The summed E-state index contributed by atoms with van der Waals surface area (Å²) in [5, 5.41) is 2.48. The van der Waals surface area contributed by atoms with Crippen molar-refractivity contribution in [1.82, 2.24) is 5.32 Å². The van der Waals surface area contributed by atoms with Crippen LogP contribution in [0.15, 0.2) is 30.3 Å². The van der Waals surface area contributed by atoms with Gasteiger partial charge in [-0.1, -0.05) is 30.3 Å². The van der Waals surface area contributed by atoms with Crippen LogP contribution in [0.5, 0.6) is 0 Å². The normalized spacial score (nSPS) is 11.5. The Kier molecular flexibility index (Phi) is 7.13. The molecule has 0 spiro atoms. The van der Waals surface area contributed by atoms with Crippen LogP contribution in [0.2, 0.25) is 0 Å². The van der Waals surface area contributed by atoms with Gasteiger partial charge in [0, 0.05) is 0 Å². The van der Waals surface area contributed by atoms with Crippen LogP contribution < -0.4 is 11.1 Å². The third kappa shape index (κ3) is 5.71. The van der Waals surface area contributed by atoms with E-state index in [0.29, 0.717) is 19.4 Å². The minimum absolute atomic E-state index is 0.150. The number of nitrogens with one attached hydrogen (secondary N) is 1. The topological polar surface area (TPSA) is 90.6 Å². The molecule has 0 heterocycles. The molecular formula is C14H20N2O4. The number of esters is 1. The van der Waals surface area contributed by atoms with Gasteiger partial charge in [0.25, 0.3) is 0 Å². The van der Waals surface area contributed by atoms with Crippen molar-refractivity contribution in [3.05, 3.63) is 35.9 Å². The van der Waals surface area contributed by atoms with Gasteiger partial charge in [-0.25, -0.2) is 9.59 Å². The van der Waals surface area contributed by atoms with E-state index in [0.717, 1.165) is 5.56 Å². The SMILES string of the molecule is COC(=O)C(CCCN)NC(=O)OCc1ccccc1. The van der Waals surface area contributed by atoms with Crippen molar-refractivity contribution >= 4 is 12.1 Å². The second-order valence-electron chi connectivity index (χ2n) is 4.21. The van der Waals surface area contributed by atoms with E-state index in [1.807, 2.05) is 30.3 Å². The van der Waals surface area contributed by atoms with Gasteiger partial charge in [0.15, 0.2) is 0 Å². The lowest BCUT2D eigenvalue weighted by Gasteiger charge is -2.16. The summed E-state index contributed by atoms with van der Waals surface area (Å²) in [6.45, 7) is 0.589. The maximum atomic E-state index is 11.6. The molecule has 110 valence electrons. The Labute approximate surface area is 118 Å². The highest BCUT2D eigenvalue weighted by Crippen LogP contribution is 2.03. The molecule has 0 fully saturated rings. The lowest BCUT2D eigenvalue weighted by molar-refractivity contribution is -0.143. The molecule has 0 aliphatic carbocycles. The highest BCUT2D eigenvalue weighted by atomic mass is 16.6. The Morgan fingerprint density at radius 1 is 1.30 bits per heavy atom. The fourth-order valence-corrected chi connectivity index (χ4v) is 1.62. The molecule has 0 aromatic heterocycles. The molecule has 0 radical (unpaired) electrons. The van der Waals surface area contributed by atoms with E-state index in [1.165, 1.54) is 7.11 Å². The largest absolute Gasteiger partial charge is 0.467 e. The fourth-order valence-electron chi connectivity index (χ4n) is 1.62. The van der Waals surface area contributed by atoms with Gasteiger partial charge in [-0.2, -0.15) is 0 Å². The Morgan fingerprint density at radius 3 is 2.60 bits per heavy atom. The second-order valence-corrected chi connectivity index (χ2v) is 4.21. The zero-order valence-electron chi connectivity index (χ0n) is 11.5. The van der Waals surface area contributed by atoms with E-state index >= 15 is 0 Å². The van der Waals surface area contributed by atoms with Gasteiger partial charge in [0.05, 0.1) is 7.11 Å². The quantitative estimate of drug-likeness (QED) is 0.732. The summed E-state index contributed by atoms with van der Waals surface area (Å²) in [7, 11) is 1.27. The van der Waals surface area contributed by atoms with Crippen LogP contribution in [0.4, 0.5) is 4.79 Å². The van der Waals surface area contributed by atoms with Gasteiger partial charge in [-0.15, -0.1) is 0 Å². The third-order valence-corrected chi connectivity index (χ3v) is 2.69. The predicted octanol–water partition coefficient (Wildman–Crippen LogP) is 1.19. The van der Waals surface area contributed by atoms with Crippen molar-refractivity contribution in [3.8, 4) is 0 Å². The molecule has 0 aliphatic heterocycles. The third-order valence-electron chi connectivity index (χ3n) is 2.69. The van der Waals surface area contributed by atoms with E-state index in [2.05, 4.69) is 10.1 Å². The van der Waals surface area contributed by atoms with Gasteiger partial charge in [-0.3, -0.25) is 0 Å². The first-order chi connectivity index (χ1) is 9.67. The van der Waals surface area contributed by atoms with Gasteiger partial charge < -0.3 is 20.5 Å². The van der Waals surface area contributed by atoms with Crippen molar-refractivity contribution < 1.29 is 19.1 Å². The van der Waals surface area contributed by atoms with Crippen LogP contribution in [0.3, 0.4) is 0 Å². The molecule has 0 saturated heterocycles. The number of benzene rings is 1. The highest BCUT2D eigenvalue weighted by molar-refractivity contribution is 5.81. The maximum absolute atomic E-state index is 11.6. The Bertz CT molecular complexity index is 422. The van der Waals surface area contributed by atoms with E-state index < -0.39 is 18.1 Å². The average molecular weight is 280 g/mol. The van der Waals surface area contributed by atoms with Crippen LogP contribution in [-0.4, -0.2) is 31.8 Å². The number of hydrogen-bond acceptors (Lipinski definition) is 5. The summed E-state index contributed by atoms with van der Waals surface area (Å²) in [6.07, 6.45) is 0.379. The second kappa shape index (κ2) is 8.92. The van der Waals surface area contributed by atoms with Crippen molar-refractivity contribution in [2.24, 2.45) is 5.73 Å². The number of rotatable bonds is 7. The van der Waals surface area contributed by atoms with Crippen LogP contribution in [-0.2, 0) is 20.9 Å². The zero-order chi connectivity index (χ0) is 14.8. The standard InChI is InChI=1S/C14H20N2O4/c1-19-13(17)12(8-5-9-15)16-14(18)20-10-11-6-3-2-4-7-11/h2-4,6-7,12H,5,8-10,15H2,1H3,(H,16,18). The minimum atomic E-state index is -0.730. The Morgan fingerprint density at radius 2 is 2.00 bits per heavy atom. The molecule has 0 bridgehead atoms. The number of alkyl carbamates (subject to hydrolysis) is 1. The van der Waals surface area contributed by atoms with Crippen molar-refractivity contribution in [3.63, 3.8) is 0 Å². The number of methoxy groups -OCH3 is 1. The molecule has 6 nitrogen and oxygen atoms in total. The van der Waals surface area contributed by atoms with E-state index in [-0.39, 0.29) is 6.61 Å². The molecule has 20 heavy (non-hydrogen) atoms. The lowest BCUT2D eigenvalue weighted by Crippen LogP contribution is -2.42. The molecule has 1 amide bonds. The number of ether oxygens (including phenoxy) is 2. The first kappa shape index (κ1) is 16.0. The van der Waals surface area contributed by atoms with Crippen molar-refractivity contribution in [1.29, 1.82) is 0 Å². The summed E-state index contributed by atoms with van der Waals surface area (Å²) in [4.78, 5) is 23.1. The summed E-state index contributed by atoms with van der Waals surface area (Å²) >= 11 is 0. The molecule has 0 saturated carbocycles. The first-order valence-corrected chi connectivity index (χ1v) is 6.42. The summed E-state index contributed by atoms with van der Waals surface area (Å²) < 4.78 is 9.67. The van der Waals surface area contributed by atoms with Crippen molar-refractivity contribution in [2.45, 2.75) is 25.5 Å². The number of nitrogens with two attached hydrogens (primary N) is 1. The van der Waals surface area contributed by atoms with Crippen molar-refractivity contribution in [2.75, 3.05) is 13.7 Å². The van der Waals surface area contributed by atoms with E-state index in [9.17, 15) is 9.59 Å². The molecule has 0 aliphatic rings. The molecule has 1 unspecified atom stereocenters. The monoisotopic (exact) mass is 280 g/mol. The van der Waals surface area contributed by atoms with Gasteiger partial charge in [-0.05, 0) is 24.9 Å². The van der Waals surface area contributed by atoms with Crippen LogP contribution in [0, 0.1) is 0 Å². The Hall–Kier alpha value is -2.08. The highest BCUT2D eigenvalue weighted by Gasteiger charge is 2.21. The van der Waals surface area contributed by atoms with E-state index in [4.69, 9.17) is 10.5 Å². The first-order valence-electron chi connectivity index (χ1n) is 6.42. The minimum Gasteiger partial charge on any atom is -0.467 e.